The monoisotopic (exact) mass is 410 g/mol. The fraction of sp³-hybridized carbons (Fsp3) is 0.200. The van der Waals surface area contributed by atoms with Gasteiger partial charge < -0.3 is 0 Å². The van der Waals surface area contributed by atoms with E-state index in [1.54, 1.807) is 4.90 Å². The number of rotatable bonds is 4. The Morgan fingerprint density at radius 1 is 1.18 bits per heavy atom. The Labute approximate surface area is 169 Å². The number of aryl methyl sites for hydroxylation is 3. The summed E-state index contributed by atoms with van der Waals surface area (Å²) in [5, 5.41) is 3.07. The second-order valence-corrected chi connectivity index (χ2v) is 8.52. The minimum Gasteiger partial charge on any atom is -0.289 e. The molecule has 4 rings (SSSR count). The molecule has 28 heavy (non-hydrogen) atoms. The standard InChI is InChI=1S/C20H18N4O2S2/c1-12-10-27-20(22-12)24(15-7-5-4-6-8-15)16(25)9-23-11-21-18-17(19(23)26)13(2)14(3)28-18/h4-8,10-11H,9H2,1-3H3. The van der Waals surface area contributed by atoms with Crippen LogP contribution in [0.2, 0.25) is 0 Å². The quantitative estimate of drug-likeness (QED) is 0.506. The molecule has 8 heteroatoms. The van der Waals surface area contributed by atoms with Crippen LogP contribution in [0.5, 0.6) is 0 Å². The number of hydrogen-bond acceptors (Lipinski definition) is 6. The van der Waals surface area contributed by atoms with Crippen molar-refractivity contribution >= 4 is 49.6 Å². The Balaban J connectivity index is 1.74. The normalized spacial score (nSPS) is 11.1. The second kappa shape index (κ2) is 7.29. The van der Waals surface area contributed by atoms with Crippen LogP contribution in [-0.2, 0) is 11.3 Å². The van der Waals surface area contributed by atoms with Crippen molar-refractivity contribution in [2.75, 3.05) is 4.90 Å². The first kappa shape index (κ1) is 18.5. The number of aromatic nitrogens is 3. The van der Waals surface area contributed by atoms with Gasteiger partial charge in [-0.05, 0) is 38.5 Å². The lowest BCUT2D eigenvalue weighted by Gasteiger charge is -2.20. The fourth-order valence-corrected chi connectivity index (χ4v) is 4.81. The molecule has 6 nitrogen and oxygen atoms in total. The highest BCUT2D eigenvalue weighted by Gasteiger charge is 2.22. The minimum atomic E-state index is -0.242. The van der Waals surface area contributed by atoms with Gasteiger partial charge in [0, 0.05) is 10.3 Å². The Morgan fingerprint density at radius 2 is 1.93 bits per heavy atom. The molecule has 142 valence electrons. The molecular weight excluding hydrogens is 392 g/mol. The number of hydrogen-bond donors (Lipinski definition) is 0. The van der Waals surface area contributed by atoms with Crippen molar-refractivity contribution in [1.82, 2.24) is 14.5 Å². The van der Waals surface area contributed by atoms with Gasteiger partial charge in [-0.2, -0.15) is 0 Å². The van der Waals surface area contributed by atoms with Crippen LogP contribution in [0.15, 0.2) is 46.8 Å². The molecule has 0 radical (unpaired) electrons. The number of carbonyl (C=O) groups excluding carboxylic acids is 1. The number of benzene rings is 1. The van der Waals surface area contributed by atoms with Gasteiger partial charge in [0.05, 0.1) is 23.1 Å². The molecule has 0 atom stereocenters. The smallest absolute Gasteiger partial charge is 0.262 e. The van der Waals surface area contributed by atoms with E-state index < -0.39 is 0 Å². The molecule has 0 fully saturated rings. The highest BCUT2D eigenvalue weighted by atomic mass is 32.1. The van der Waals surface area contributed by atoms with Crippen molar-refractivity contribution < 1.29 is 4.79 Å². The number of nitrogens with zero attached hydrogens (tertiary/aromatic N) is 4. The first-order valence-electron chi connectivity index (χ1n) is 8.71. The highest BCUT2D eigenvalue weighted by molar-refractivity contribution is 7.18. The van der Waals surface area contributed by atoms with Crippen molar-refractivity contribution in [2.45, 2.75) is 27.3 Å². The molecule has 3 heterocycles. The highest BCUT2D eigenvalue weighted by Crippen LogP contribution is 2.29. The fourth-order valence-electron chi connectivity index (χ4n) is 2.98. The van der Waals surface area contributed by atoms with E-state index >= 15 is 0 Å². The molecule has 0 bridgehead atoms. The second-order valence-electron chi connectivity index (χ2n) is 6.48. The summed E-state index contributed by atoms with van der Waals surface area (Å²) in [6.07, 6.45) is 1.45. The number of anilines is 2. The predicted molar refractivity (Wildman–Crippen MR) is 114 cm³/mol. The van der Waals surface area contributed by atoms with Crippen LogP contribution in [-0.4, -0.2) is 20.4 Å². The van der Waals surface area contributed by atoms with E-state index in [2.05, 4.69) is 9.97 Å². The summed E-state index contributed by atoms with van der Waals surface area (Å²) in [5.74, 6) is -0.242. The Hall–Kier alpha value is -2.84. The van der Waals surface area contributed by atoms with E-state index in [0.29, 0.717) is 21.0 Å². The van der Waals surface area contributed by atoms with E-state index in [1.165, 1.54) is 33.6 Å². The van der Waals surface area contributed by atoms with Crippen LogP contribution in [0.25, 0.3) is 10.2 Å². The SMILES string of the molecule is Cc1csc(N(C(=O)Cn2cnc3sc(C)c(C)c3c2=O)c2ccccc2)n1. The molecule has 4 aromatic rings. The topological polar surface area (TPSA) is 68.1 Å². The molecule has 0 aliphatic carbocycles. The number of carbonyl (C=O) groups is 1. The lowest BCUT2D eigenvalue weighted by atomic mass is 10.2. The lowest BCUT2D eigenvalue weighted by Crippen LogP contribution is -2.33. The molecule has 0 saturated heterocycles. The maximum Gasteiger partial charge on any atom is 0.262 e. The third kappa shape index (κ3) is 3.25. The van der Waals surface area contributed by atoms with E-state index in [4.69, 9.17) is 0 Å². The van der Waals surface area contributed by atoms with Gasteiger partial charge in [-0.3, -0.25) is 19.1 Å². The van der Waals surface area contributed by atoms with Gasteiger partial charge in [0.25, 0.3) is 11.5 Å². The van der Waals surface area contributed by atoms with Crippen LogP contribution >= 0.6 is 22.7 Å². The molecule has 0 N–H and O–H groups in total. The van der Waals surface area contributed by atoms with Crippen molar-refractivity contribution in [1.29, 1.82) is 0 Å². The molecule has 0 spiro atoms. The summed E-state index contributed by atoms with van der Waals surface area (Å²) >= 11 is 2.89. The third-order valence-corrected chi connectivity index (χ3v) is 6.58. The molecular formula is C20H18N4O2S2. The largest absolute Gasteiger partial charge is 0.289 e. The predicted octanol–water partition coefficient (Wildman–Crippen LogP) is 4.20. The molecule has 0 unspecified atom stereocenters. The van der Waals surface area contributed by atoms with Crippen molar-refractivity contribution in [3.8, 4) is 0 Å². The Bertz CT molecular complexity index is 1220. The third-order valence-electron chi connectivity index (χ3n) is 4.52. The van der Waals surface area contributed by atoms with Gasteiger partial charge in [0.15, 0.2) is 5.13 Å². The summed E-state index contributed by atoms with van der Waals surface area (Å²) in [4.78, 5) is 38.3. The van der Waals surface area contributed by atoms with Crippen molar-refractivity contribution in [2.24, 2.45) is 0 Å². The molecule has 0 aliphatic heterocycles. The maximum absolute atomic E-state index is 13.2. The summed E-state index contributed by atoms with van der Waals surface area (Å²) in [7, 11) is 0. The Kier molecular flexibility index (Phi) is 4.82. The maximum atomic E-state index is 13.2. The van der Waals surface area contributed by atoms with E-state index in [-0.39, 0.29) is 18.0 Å². The zero-order valence-corrected chi connectivity index (χ0v) is 17.3. The van der Waals surface area contributed by atoms with E-state index in [0.717, 1.165) is 16.1 Å². The lowest BCUT2D eigenvalue weighted by molar-refractivity contribution is -0.118. The summed E-state index contributed by atoms with van der Waals surface area (Å²) < 4.78 is 1.38. The van der Waals surface area contributed by atoms with Crippen LogP contribution < -0.4 is 10.5 Å². The van der Waals surface area contributed by atoms with Gasteiger partial charge in [-0.1, -0.05) is 18.2 Å². The van der Waals surface area contributed by atoms with Crippen molar-refractivity contribution in [3.05, 3.63) is 68.5 Å². The van der Waals surface area contributed by atoms with Crippen LogP contribution in [0.4, 0.5) is 10.8 Å². The molecule has 1 amide bonds. The number of fused-ring (bicyclic) bond motifs is 1. The number of thiazole rings is 1. The molecule has 0 aliphatic rings. The Morgan fingerprint density at radius 3 is 2.61 bits per heavy atom. The average molecular weight is 411 g/mol. The van der Waals surface area contributed by atoms with Gasteiger partial charge in [-0.25, -0.2) is 9.97 Å². The van der Waals surface area contributed by atoms with E-state index in [9.17, 15) is 9.59 Å². The van der Waals surface area contributed by atoms with Crippen LogP contribution in [0.1, 0.15) is 16.1 Å². The van der Waals surface area contributed by atoms with E-state index in [1.807, 2.05) is 56.5 Å². The first-order chi connectivity index (χ1) is 13.5. The zero-order valence-electron chi connectivity index (χ0n) is 15.7. The number of thiophene rings is 1. The molecule has 3 aromatic heterocycles. The first-order valence-corrected chi connectivity index (χ1v) is 10.4. The number of amides is 1. The van der Waals surface area contributed by atoms with Gasteiger partial charge in [-0.15, -0.1) is 22.7 Å². The average Bonchev–Trinajstić information content (AvgIpc) is 3.22. The van der Waals surface area contributed by atoms with Gasteiger partial charge in [0.2, 0.25) is 0 Å². The number of para-hydroxylation sites is 1. The van der Waals surface area contributed by atoms with Crippen molar-refractivity contribution in [3.63, 3.8) is 0 Å². The zero-order chi connectivity index (χ0) is 19.8. The molecule has 1 aromatic carbocycles. The van der Waals surface area contributed by atoms with Gasteiger partial charge in [0.1, 0.15) is 11.4 Å². The van der Waals surface area contributed by atoms with Crippen LogP contribution in [0.3, 0.4) is 0 Å². The molecule has 0 saturated carbocycles. The minimum absolute atomic E-state index is 0.108. The summed E-state index contributed by atoms with van der Waals surface area (Å²) in [6.45, 7) is 5.66. The van der Waals surface area contributed by atoms with Crippen LogP contribution in [0, 0.1) is 20.8 Å². The summed E-state index contributed by atoms with van der Waals surface area (Å²) in [6, 6.07) is 9.33. The summed E-state index contributed by atoms with van der Waals surface area (Å²) in [5.41, 5.74) is 2.29. The van der Waals surface area contributed by atoms with Gasteiger partial charge >= 0.3 is 0 Å².